The average Bonchev–Trinajstić information content (AvgIpc) is 2.67. The van der Waals surface area contributed by atoms with Crippen molar-refractivity contribution in [2.75, 3.05) is 6.61 Å². The highest BCUT2D eigenvalue weighted by atomic mass is 16.6. The van der Waals surface area contributed by atoms with Crippen molar-refractivity contribution in [1.82, 2.24) is 0 Å². The molecule has 1 saturated heterocycles. The second kappa shape index (κ2) is 9.26. The molecule has 1 fully saturated rings. The Labute approximate surface area is 154 Å². The zero-order chi connectivity index (χ0) is 18.4. The quantitative estimate of drug-likeness (QED) is 0.796. The van der Waals surface area contributed by atoms with Crippen molar-refractivity contribution in [3.8, 4) is 0 Å². The van der Waals surface area contributed by atoms with Crippen LogP contribution in [0, 0.1) is 5.92 Å². The molecule has 5 heteroatoms. The largest absolute Gasteiger partial charge is 0.390 e. The number of rotatable bonds is 7. The molecule has 0 radical (unpaired) electrons. The average molecular weight is 358 g/mol. The van der Waals surface area contributed by atoms with Gasteiger partial charge in [-0.25, -0.2) is 0 Å². The lowest BCUT2D eigenvalue weighted by Crippen LogP contribution is -2.56. The van der Waals surface area contributed by atoms with Crippen molar-refractivity contribution >= 4 is 0 Å². The molecule has 140 valence electrons. The van der Waals surface area contributed by atoms with Gasteiger partial charge in [0.25, 0.3) is 0 Å². The molecular weight excluding hydrogens is 332 g/mol. The molecule has 1 unspecified atom stereocenters. The van der Waals surface area contributed by atoms with E-state index >= 15 is 0 Å². The maximum atomic E-state index is 10.6. The van der Waals surface area contributed by atoms with Gasteiger partial charge in [-0.1, -0.05) is 67.6 Å². The highest BCUT2D eigenvalue weighted by Gasteiger charge is 2.43. The van der Waals surface area contributed by atoms with Gasteiger partial charge >= 0.3 is 0 Å². The van der Waals surface area contributed by atoms with E-state index in [0.29, 0.717) is 13.2 Å². The third-order valence-corrected chi connectivity index (χ3v) is 4.68. The Bertz CT molecular complexity index is 648. The van der Waals surface area contributed by atoms with Crippen LogP contribution in [0.15, 0.2) is 60.7 Å². The zero-order valence-electron chi connectivity index (χ0n) is 14.9. The van der Waals surface area contributed by atoms with E-state index in [1.54, 1.807) is 6.92 Å². The molecule has 0 saturated carbocycles. The Morgan fingerprint density at radius 2 is 1.46 bits per heavy atom. The molecule has 1 aliphatic heterocycles. The van der Waals surface area contributed by atoms with Crippen LogP contribution in [0.3, 0.4) is 0 Å². The van der Waals surface area contributed by atoms with E-state index in [1.807, 2.05) is 60.7 Å². The Balaban J connectivity index is 1.59. The van der Waals surface area contributed by atoms with Crippen molar-refractivity contribution in [3.05, 3.63) is 71.8 Å². The Morgan fingerprint density at radius 1 is 0.885 bits per heavy atom. The summed E-state index contributed by atoms with van der Waals surface area (Å²) in [6.07, 6.45) is -2.97. The second-order valence-corrected chi connectivity index (χ2v) is 6.68. The van der Waals surface area contributed by atoms with Crippen LogP contribution in [0.25, 0.3) is 0 Å². The summed E-state index contributed by atoms with van der Waals surface area (Å²) in [4.78, 5) is 0. The molecule has 3 rings (SSSR count). The third kappa shape index (κ3) is 4.90. The van der Waals surface area contributed by atoms with Gasteiger partial charge in [-0.15, -0.1) is 0 Å². The predicted molar refractivity (Wildman–Crippen MR) is 97.2 cm³/mol. The van der Waals surface area contributed by atoms with Crippen LogP contribution in [0.5, 0.6) is 0 Å². The molecule has 5 atom stereocenters. The van der Waals surface area contributed by atoms with Crippen molar-refractivity contribution in [1.29, 1.82) is 0 Å². The minimum absolute atomic E-state index is 0.231. The van der Waals surface area contributed by atoms with Crippen LogP contribution >= 0.6 is 0 Å². The summed E-state index contributed by atoms with van der Waals surface area (Å²) in [6.45, 7) is 2.78. The van der Waals surface area contributed by atoms with Gasteiger partial charge < -0.3 is 24.4 Å². The third-order valence-electron chi connectivity index (χ3n) is 4.68. The maximum Gasteiger partial charge on any atom is 0.160 e. The fraction of sp³-hybridized carbons (Fsp3) is 0.429. The van der Waals surface area contributed by atoms with Gasteiger partial charge in [-0.05, 0) is 11.1 Å². The van der Waals surface area contributed by atoms with Crippen LogP contribution in [0.4, 0.5) is 0 Å². The molecule has 2 aromatic carbocycles. The van der Waals surface area contributed by atoms with Gasteiger partial charge in [0.15, 0.2) is 6.29 Å². The molecule has 0 aliphatic carbocycles. The molecule has 5 nitrogen and oxygen atoms in total. The predicted octanol–water partition coefficient (Wildman–Crippen LogP) is 2.50. The van der Waals surface area contributed by atoms with E-state index in [1.165, 1.54) is 0 Å². The fourth-order valence-electron chi connectivity index (χ4n) is 3.04. The topological polar surface area (TPSA) is 68.2 Å². The smallest absolute Gasteiger partial charge is 0.160 e. The summed E-state index contributed by atoms with van der Waals surface area (Å²) >= 11 is 0. The minimum atomic E-state index is -1.04. The summed E-state index contributed by atoms with van der Waals surface area (Å²) < 4.78 is 17.3. The standard InChI is InChI=1S/C21H26O5/c1-15-19(22)20(25-13-17-10-6-3-7-11-17)18(26-21(15)23)14-24-12-16-8-4-2-5-9-16/h2-11,15,18-23H,12-14H2,1H3/t15-,18+,19+,20+,21?/m1/s1. The van der Waals surface area contributed by atoms with E-state index < -0.39 is 30.5 Å². The molecule has 0 bridgehead atoms. The zero-order valence-corrected chi connectivity index (χ0v) is 14.9. The second-order valence-electron chi connectivity index (χ2n) is 6.68. The molecule has 26 heavy (non-hydrogen) atoms. The first-order valence-corrected chi connectivity index (χ1v) is 8.94. The van der Waals surface area contributed by atoms with Gasteiger partial charge in [0.1, 0.15) is 12.2 Å². The van der Waals surface area contributed by atoms with Gasteiger partial charge in [0.05, 0.1) is 25.9 Å². The first kappa shape index (κ1) is 19.0. The number of hydrogen-bond donors (Lipinski definition) is 2. The normalized spacial score (nSPS) is 28.8. The molecule has 2 aromatic rings. The Kier molecular flexibility index (Phi) is 6.77. The van der Waals surface area contributed by atoms with Crippen molar-refractivity contribution in [2.24, 2.45) is 5.92 Å². The summed E-state index contributed by atoms with van der Waals surface area (Å²) in [7, 11) is 0. The van der Waals surface area contributed by atoms with E-state index in [2.05, 4.69) is 0 Å². The molecule has 0 spiro atoms. The van der Waals surface area contributed by atoms with E-state index in [4.69, 9.17) is 14.2 Å². The number of aliphatic hydroxyl groups excluding tert-OH is 2. The number of ether oxygens (including phenoxy) is 3. The van der Waals surface area contributed by atoms with Crippen LogP contribution in [0.1, 0.15) is 18.1 Å². The molecule has 1 heterocycles. The van der Waals surface area contributed by atoms with Crippen LogP contribution in [-0.4, -0.2) is 41.4 Å². The molecule has 1 aliphatic rings. The Morgan fingerprint density at radius 3 is 2.08 bits per heavy atom. The lowest BCUT2D eigenvalue weighted by atomic mass is 9.92. The maximum absolute atomic E-state index is 10.6. The van der Waals surface area contributed by atoms with Gasteiger partial charge in [-0.2, -0.15) is 0 Å². The summed E-state index contributed by atoms with van der Waals surface area (Å²) in [5.74, 6) is -0.429. The number of benzene rings is 2. The summed E-state index contributed by atoms with van der Waals surface area (Å²) in [5, 5.41) is 20.6. The summed E-state index contributed by atoms with van der Waals surface area (Å²) in [6, 6.07) is 19.6. The Hall–Kier alpha value is -1.76. The van der Waals surface area contributed by atoms with Gasteiger partial charge in [0.2, 0.25) is 0 Å². The van der Waals surface area contributed by atoms with Crippen LogP contribution in [-0.2, 0) is 27.4 Å². The summed E-state index contributed by atoms with van der Waals surface area (Å²) in [5.41, 5.74) is 2.07. The first-order valence-electron chi connectivity index (χ1n) is 8.94. The molecular formula is C21H26O5. The molecule has 0 amide bonds. The van der Waals surface area contributed by atoms with Crippen molar-refractivity contribution in [3.63, 3.8) is 0 Å². The lowest BCUT2D eigenvalue weighted by molar-refractivity contribution is -0.280. The van der Waals surface area contributed by atoms with E-state index in [-0.39, 0.29) is 6.61 Å². The highest BCUT2D eigenvalue weighted by molar-refractivity contribution is 5.14. The molecule has 2 N–H and O–H groups in total. The highest BCUT2D eigenvalue weighted by Crippen LogP contribution is 2.28. The van der Waals surface area contributed by atoms with Crippen molar-refractivity contribution in [2.45, 2.75) is 44.7 Å². The van der Waals surface area contributed by atoms with Gasteiger partial charge in [0, 0.05) is 5.92 Å². The SMILES string of the molecule is C[C@H]1C(O)O[C@@H](COCc2ccccc2)[C@H](OCc2ccccc2)[C@H]1O. The lowest BCUT2D eigenvalue weighted by Gasteiger charge is -2.41. The minimum Gasteiger partial charge on any atom is -0.390 e. The monoisotopic (exact) mass is 358 g/mol. The molecule has 0 aromatic heterocycles. The van der Waals surface area contributed by atoms with E-state index in [0.717, 1.165) is 11.1 Å². The number of aliphatic hydroxyl groups is 2. The first-order chi connectivity index (χ1) is 12.6. The van der Waals surface area contributed by atoms with E-state index in [9.17, 15) is 10.2 Å². The van der Waals surface area contributed by atoms with Crippen LogP contribution < -0.4 is 0 Å². The number of hydrogen-bond acceptors (Lipinski definition) is 5. The van der Waals surface area contributed by atoms with Crippen molar-refractivity contribution < 1.29 is 24.4 Å². The van der Waals surface area contributed by atoms with Crippen LogP contribution in [0.2, 0.25) is 0 Å². The fourth-order valence-corrected chi connectivity index (χ4v) is 3.04. The van der Waals surface area contributed by atoms with Gasteiger partial charge in [-0.3, -0.25) is 0 Å².